The molecule has 2 saturated heterocycles. The zero-order chi connectivity index (χ0) is 17.5. The fourth-order valence-electron chi connectivity index (χ4n) is 3.79. The van der Waals surface area contributed by atoms with Crippen molar-refractivity contribution in [2.75, 3.05) is 38.2 Å². The molecule has 3 heterocycles. The lowest BCUT2D eigenvalue weighted by Crippen LogP contribution is -2.67. The van der Waals surface area contributed by atoms with Crippen molar-refractivity contribution in [3.63, 3.8) is 0 Å². The van der Waals surface area contributed by atoms with E-state index in [4.69, 9.17) is 0 Å². The van der Waals surface area contributed by atoms with Crippen LogP contribution in [0.15, 0.2) is 0 Å². The van der Waals surface area contributed by atoms with E-state index in [1.807, 2.05) is 13.8 Å². The summed E-state index contributed by atoms with van der Waals surface area (Å²) in [5, 5.41) is 1.08. The number of rotatable bonds is 5. The van der Waals surface area contributed by atoms with Crippen LogP contribution in [0.5, 0.6) is 0 Å². The van der Waals surface area contributed by atoms with Gasteiger partial charge in [-0.1, -0.05) is 0 Å². The number of hydrogen-bond acceptors (Lipinski definition) is 6. The van der Waals surface area contributed by atoms with Gasteiger partial charge in [-0.25, -0.2) is 13.4 Å². The largest absolute Gasteiger partial charge is 0.340 e. The standard InChI is InChI=1S/C16H25N3O3S2/c1-12-14(23-13(2)17-12)9-18-6-4-5-16(10-18)11-19(15(16)20)7-8-24(3,21)22/h4-11H2,1-3H3/t16-/m0/s1. The molecule has 1 atom stereocenters. The first-order valence-corrected chi connectivity index (χ1v) is 11.2. The van der Waals surface area contributed by atoms with Gasteiger partial charge in [0.15, 0.2) is 0 Å². The summed E-state index contributed by atoms with van der Waals surface area (Å²) in [6, 6.07) is 0. The van der Waals surface area contributed by atoms with E-state index < -0.39 is 9.84 Å². The number of aryl methyl sites for hydroxylation is 2. The summed E-state index contributed by atoms with van der Waals surface area (Å²) in [5.41, 5.74) is 0.801. The van der Waals surface area contributed by atoms with Gasteiger partial charge in [0.05, 0.1) is 21.9 Å². The fourth-order valence-corrected chi connectivity index (χ4v) is 5.33. The van der Waals surface area contributed by atoms with Gasteiger partial charge in [-0.3, -0.25) is 9.69 Å². The summed E-state index contributed by atoms with van der Waals surface area (Å²) in [6.45, 7) is 7.72. The summed E-state index contributed by atoms with van der Waals surface area (Å²) >= 11 is 1.73. The van der Waals surface area contributed by atoms with Crippen LogP contribution in [0.3, 0.4) is 0 Å². The number of likely N-dealkylation sites (tertiary alicyclic amines) is 2. The van der Waals surface area contributed by atoms with Gasteiger partial charge in [-0.05, 0) is 33.2 Å². The van der Waals surface area contributed by atoms with E-state index in [1.165, 1.54) is 11.1 Å². The number of hydrogen-bond donors (Lipinski definition) is 0. The van der Waals surface area contributed by atoms with E-state index >= 15 is 0 Å². The maximum Gasteiger partial charge on any atom is 0.231 e. The summed E-state index contributed by atoms with van der Waals surface area (Å²) in [7, 11) is -3.02. The van der Waals surface area contributed by atoms with Crippen molar-refractivity contribution in [3.05, 3.63) is 15.6 Å². The van der Waals surface area contributed by atoms with E-state index in [2.05, 4.69) is 9.88 Å². The Kier molecular flexibility index (Phi) is 4.74. The van der Waals surface area contributed by atoms with Crippen molar-refractivity contribution in [2.45, 2.75) is 33.2 Å². The van der Waals surface area contributed by atoms with Gasteiger partial charge >= 0.3 is 0 Å². The number of carbonyl (C=O) groups excluding carboxylic acids is 1. The van der Waals surface area contributed by atoms with Gasteiger partial charge in [-0.2, -0.15) is 0 Å². The molecule has 24 heavy (non-hydrogen) atoms. The number of carbonyl (C=O) groups is 1. The van der Waals surface area contributed by atoms with Crippen LogP contribution in [0.25, 0.3) is 0 Å². The lowest BCUT2D eigenvalue weighted by Gasteiger charge is -2.53. The van der Waals surface area contributed by atoms with Crippen molar-refractivity contribution in [2.24, 2.45) is 5.41 Å². The van der Waals surface area contributed by atoms with E-state index in [0.29, 0.717) is 13.1 Å². The molecule has 6 nitrogen and oxygen atoms in total. The van der Waals surface area contributed by atoms with Crippen LogP contribution < -0.4 is 0 Å². The Hall–Kier alpha value is -0.990. The van der Waals surface area contributed by atoms with Gasteiger partial charge in [-0.15, -0.1) is 11.3 Å². The van der Waals surface area contributed by atoms with E-state index in [9.17, 15) is 13.2 Å². The Labute approximate surface area is 147 Å². The number of nitrogens with zero attached hydrogens (tertiary/aromatic N) is 3. The maximum absolute atomic E-state index is 12.6. The molecule has 0 N–H and O–H groups in total. The second-order valence-electron chi connectivity index (χ2n) is 7.19. The highest BCUT2D eigenvalue weighted by Gasteiger charge is 2.53. The maximum atomic E-state index is 12.6. The molecule has 2 aliphatic rings. The van der Waals surface area contributed by atoms with Crippen molar-refractivity contribution < 1.29 is 13.2 Å². The lowest BCUT2D eigenvalue weighted by molar-refractivity contribution is -0.165. The third-order valence-electron chi connectivity index (χ3n) is 4.99. The average molecular weight is 372 g/mol. The minimum Gasteiger partial charge on any atom is -0.340 e. The number of aromatic nitrogens is 1. The van der Waals surface area contributed by atoms with Crippen LogP contribution in [0.1, 0.15) is 28.4 Å². The van der Waals surface area contributed by atoms with Crippen LogP contribution in [-0.4, -0.2) is 67.3 Å². The number of sulfone groups is 1. The molecule has 1 spiro atoms. The number of thiazole rings is 1. The fraction of sp³-hybridized carbons (Fsp3) is 0.750. The molecule has 0 unspecified atom stereocenters. The quantitative estimate of drug-likeness (QED) is 0.728. The molecular formula is C16H25N3O3S2. The van der Waals surface area contributed by atoms with E-state index in [0.717, 1.165) is 43.2 Å². The normalized spacial score (nSPS) is 25.3. The monoisotopic (exact) mass is 371 g/mol. The molecule has 3 rings (SSSR count). The van der Waals surface area contributed by atoms with Gasteiger partial charge in [0, 0.05) is 37.3 Å². The number of piperidine rings is 1. The van der Waals surface area contributed by atoms with Crippen molar-refractivity contribution in [1.82, 2.24) is 14.8 Å². The van der Waals surface area contributed by atoms with Crippen LogP contribution in [0.4, 0.5) is 0 Å². The van der Waals surface area contributed by atoms with Crippen molar-refractivity contribution in [1.29, 1.82) is 0 Å². The minimum atomic E-state index is -3.02. The van der Waals surface area contributed by atoms with Crippen molar-refractivity contribution in [3.8, 4) is 0 Å². The predicted molar refractivity (Wildman–Crippen MR) is 94.8 cm³/mol. The second kappa shape index (κ2) is 6.38. The molecule has 0 aliphatic carbocycles. The third-order valence-corrected chi connectivity index (χ3v) is 6.97. The second-order valence-corrected chi connectivity index (χ2v) is 10.7. The Morgan fingerprint density at radius 3 is 2.62 bits per heavy atom. The number of β-lactam (4-membered cyclic amide) rings is 1. The molecule has 0 radical (unpaired) electrons. The summed E-state index contributed by atoms with van der Waals surface area (Å²) < 4.78 is 22.6. The zero-order valence-corrected chi connectivity index (χ0v) is 16.2. The molecule has 1 aromatic heterocycles. The van der Waals surface area contributed by atoms with Crippen LogP contribution in [0, 0.1) is 19.3 Å². The summed E-state index contributed by atoms with van der Waals surface area (Å²) in [4.78, 5) is 22.4. The van der Waals surface area contributed by atoms with Gasteiger partial charge in [0.25, 0.3) is 0 Å². The van der Waals surface area contributed by atoms with Crippen LogP contribution in [0.2, 0.25) is 0 Å². The highest BCUT2D eigenvalue weighted by Crippen LogP contribution is 2.40. The molecule has 8 heteroatoms. The smallest absolute Gasteiger partial charge is 0.231 e. The average Bonchev–Trinajstić information content (AvgIpc) is 2.80. The molecule has 1 aromatic rings. The van der Waals surface area contributed by atoms with Crippen LogP contribution in [-0.2, 0) is 21.2 Å². The molecule has 0 bridgehead atoms. The summed E-state index contributed by atoms with van der Waals surface area (Å²) in [5.74, 6) is 0.186. The third kappa shape index (κ3) is 3.65. The first kappa shape index (κ1) is 17.8. The Bertz CT molecular complexity index is 744. The minimum absolute atomic E-state index is 0.0534. The van der Waals surface area contributed by atoms with Crippen molar-refractivity contribution >= 4 is 27.1 Å². The Balaban J connectivity index is 1.60. The first-order chi connectivity index (χ1) is 11.2. The highest BCUT2D eigenvalue weighted by molar-refractivity contribution is 7.90. The van der Waals surface area contributed by atoms with E-state index in [-0.39, 0.29) is 17.1 Å². The van der Waals surface area contributed by atoms with Gasteiger partial charge < -0.3 is 4.90 Å². The summed E-state index contributed by atoms with van der Waals surface area (Å²) in [6.07, 6.45) is 3.15. The topological polar surface area (TPSA) is 70.6 Å². The Morgan fingerprint density at radius 2 is 2.04 bits per heavy atom. The van der Waals surface area contributed by atoms with E-state index in [1.54, 1.807) is 16.2 Å². The van der Waals surface area contributed by atoms with Gasteiger partial charge in [0.1, 0.15) is 9.84 Å². The number of amides is 1. The van der Waals surface area contributed by atoms with Crippen LogP contribution >= 0.6 is 11.3 Å². The predicted octanol–water partition coefficient (Wildman–Crippen LogP) is 1.23. The highest BCUT2D eigenvalue weighted by atomic mass is 32.2. The SMILES string of the molecule is Cc1nc(C)c(CN2CCC[C@]3(C2)CN(CCS(C)(=O)=O)C3=O)s1. The first-order valence-electron chi connectivity index (χ1n) is 8.31. The van der Waals surface area contributed by atoms with Gasteiger partial charge in [0.2, 0.25) is 5.91 Å². The molecule has 1 amide bonds. The molecule has 134 valence electrons. The Morgan fingerprint density at radius 1 is 1.29 bits per heavy atom. The lowest BCUT2D eigenvalue weighted by atomic mass is 9.72. The molecule has 0 saturated carbocycles. The molecular weight excluding hydrogens is 346 g/mol. The molecule has 2 aliphatic heterocycles. The molecule has 0 aromatic carbocycles. The zero-order valence-electron chi connectivity index (χ0n) is 14.5. The molecule has 2 fully saturated rings.